The van der Waals surface area contributed by atoms with Gasteiger partial charge in [-0.25, -0.2) is 0 Å². The molecule has 0 aliphatic carbocycles. The third-order valence-electron chi connectivity index (χ3n) is 3.00. The van der Waals surface area contributed by atoms with E-state index in [1.165, 1.54) is 14.2 Å². The van der Waals surface area contributed by atoms with Crippen LogP contribution in [0.5, 0.6) is 0 Å². The normalized spacial score (nSPS) is 16.9. The van der Waals surface area contributed by atoms with Crippen LogP contribution in [-0.4, -0.2) is 75.7 Å². The molecule has 0 aliphatic rings. The predicted octanol–water partition coefficient (Wildman–Crippen LogP) is 0.00600. The van der Waals surface area contributed by atoms with Gasteiger partial charge < -0.3 is 28.4 Å². The summed E-state index contributed by atoms with van der Waals surface area (Å²) < 4.78 is 38.4. The zero-order valence-electron chi connectivity index (χ0n) is 16.7. The monoisotopic (exact) mass is 379 g/mol. The van der Waals surface area contributed by atoms with E-state index in [-0.39, 0.29) is 0 Å². The second kappa shape index (κ2) is 12.2. The van der Waals surface area contributed by atoms with Crippen molar-refractivity contribution in [3.05, 3.63) is 0 Å². The molecule has 0 spiro atoms. The molecule has 0 bridgehead atoms. The summed E-state index contributed by atoms with van der Waals surface area (Å²) in [5.74, 6) is -2.82. The summed E-state index contributed by atoms with van der Waals surface area (Å²) >= 11 is 0. The highest BCUT2D eigenvalue weighted by molar-refractivity contribution is 5.67. The molecule has 0 rings (SSSR count). The van der Waals surface area contributed by atoms with Crippen molar-refractivity contribution in [1.82, 2.24) is 0 Å². The highest BCUT2D eigenvalue weighted by atomic mass is 16.6. The van der Waals surface area contributed by atoms with Crippen molar-refractivity contribution in [2.24, 2.45) is 0 Å². The van der Waals surface area contributed by atoms with Gasteiger partial charge in [-0.1, -0.05) is 0 Å². The molecular formula is C16H26O10. The summed E-state index contributed by atoms with van der Waals surface area (Å²) in [6, 6.07) is 0. The molecule has 10 nitrogen and oxygen atoms in total. The Labute approximate surface area is 153 Å². The Morgan fingerprint density at radius 1 is 0.731 bits per heavy atom. The van der Waals surface area contributed by atoms with Crippen molar-refractivity contribution in [3.8, 4) is 0 Å². The second-order valence-electron chi connectivity index (χ2n) is 5.17. The van der Waals surface area contributed by atoms with Gasteiger partial charge in [-0.2, -0.15) is 0 Å². The third-order valence-corrected chi connectivity index (χ3v) is 3.00. The number of hydrogen-bond donors (Lipinski definition) is 0. The van der Waals surface area contributed by atoms with E-state index in [1.807, 2.05) is 0 Å². The number of ether oxygens (including phenoxy) is 6. The fraction of sp³-hybridized carbons (Fsp3) is 0.750. The van der Waals surface area contributed by atoms with Gasteiger partial charge in [0.1, 0.15) is 25.4 Å². The van der Waals surface area contributed by atoms with E-state index < -0.39 is 61.5 Å². The Morgan fingerprint density at radius 2 is 1.27 bits per heavy atom. The van der Waals surface area contributed by atoms with Gasteiger partial charge in [0.15, 0.2) is 12.2 Å². The summed E-state index contributed by atoms with van der Waals surface area (Å²) in [4.78, 5) is 45.2. The molecule has 0 saturated heterocycles. The summed E-state index contributed by atoms with van der Waals surface area (Å²) in [6.07, 6.45) is -4.97. The Morgan fingerprint density at radius 3 is 1.65 bits per heavy atom. The maximum atomic E-state index is 11.6. The molecule has 0 aromatic heterocycles. The second-order valence-corrected chi connectivity index (χ2v) is 5.17. The van der Waals surface area contributed by atoms with E-state index in [9.17, 15) is 19.2 Å². The van der Waals surface area contributed by atoms with Crippen LogP contribution in [-0.2, 0) is 47.6 Å². The first-order chi connectivity index (χ1) is 12.5. The van der Waals surface area contributed by atoms with Crippen LogP contribution in [0.2, 0.25) is 0 Å². The quantitative estimate of drug-likeness (QED) is 0.358. The third kappa shape index (κ3) is 9.33. The van der Waals surface area contributed by atoms with E-state index in [0.717, 1.165) is 27.7 Å². The van der Waals surface area contributed by atoms with Gasteiger partial charge >= 0.3 is 23.9 Å². The Hall–Kier alpha value is -2.20. The van der Waals surface area contributed by atoms with E-state index in [1.54, 1.807) is 0 Å². The van der Waals surface area contributed by atoms with Crippen molar-refractivity contribution in [2.75, 3.05) is 27.4 Å². The van der Waals surface area contributed by atoms with Crippen molar-refractivity contribution >= 4 is 23.9 Å². The number of rotatable bonds is 11. The van der Waals surface area contributed by atoms with Crippen LogP contribution in [0.4, 0.5) is 0 Å². The van der Waals surface area contributed by atoms with E-state index in [2.05, 4.69) is 0 Å². The average Bonchev–Trinajstić information content (AvgIpc) is 2.51. The van der Waals surface area contributed by atoms with Gasteiger partial charge in [-0.3, -0.25) is 19.2 Å². The van der Waals surface area contributed by atoms with Crippen LogP contribution in [0.3, 0.4) is 0 Å². The van der Waals surface area contributed by atoms with E-state index in [0.29, 0.717) is 0 Å². The SMILES string of the molecule is [2H]C(OC(C)=O)C(OC)C(OC(C)=O)C(OC)C(COC(C)=O)OC(C)=O. The lowest BCUT2D eigenvalue weighted by atomic mass is 10.0. The van der Waals surface area contributed by atoms with Crippen LogP contribution >= 0.6 is 0 Å². The highest BCUT2D eigenvalue weighted by Gasteiger charge is 2.40. The van der Waals surface area contributed by atoms with Gasteiger partial charge in [0, 0.05) is 41.9 Å². The summed E-state index contributed by atoms with van der Waals surface area (Å²) in [6.45, 7) is 2.55. The topological polar surface area (TPSA) is 124 Å². The molecule has 0 heterocycles. The molecule has 5 atom stereocenters. The number of methoxy groups -OCH3 is 2. The number of esters is 4. The minimum atomic E-state index is -1.57. The molecule has 0 saturated carbocycles. The van der Waals surface area contributed by atoms with Gasteiger partial charge in [0.2, 0.25) is 0 Å². The first-order valence-electron chi connectivity index (χ1n) is 8.24. The summed E-state index contributed by atoms with van der Waals surface area (Å²) in [5.41, 5.74) is 0. The van der Waals surface area contributed by atoms with Crippen LogP contribution in [0, 0.1) is 0 Å². The van der Waals surface area contributed by atoms with Gasteiger partial charge in [-0.15, -0.1) is 0 Å². The maximum absolute atomic E-state index is 11.6. The van der Waals surface area contributed by atoms with E-state index >= 15 is 0 Å². The zero-order chi connectivity index (χ0) is 21.1. The molecule has 0 aromatic carbocycles. The van der Waals surface area contributed by atoms with E-state index in [4.69, 9.17) is 29.8 Å². The van der Waals surface area contributed by atoms with Crippen LogP contribution in [0.1, 0.15) is 29.1 Å². The number of carbonyl (C=O) groups excluding carboxylic acids is 4. The standard InChI is InChI=1S/C16H26O10/c1-9(17)23-7-13(21-5)16(26-12(4)20)15(22-6)14(25-11(3)19)8-24-10(2)18/h13-16H,7-8H2,1-6H3/i7D. The molecule has 26 heavy (non-hydrogen) atoms. The Bertz CT molecular complexity index is 523. The molecule has 0 aliphatic heterocycles. The van der Waals surface area contributed by atoms with Crippen molar-refractivity contribution in [2.45, 2.75) is 52.1 Å². The average molecular weight is 379 g/mol. The molecule has 0 amide bonds. The molecular weight excluding hydrogens is 352 g/mol. The minimum Gasteiger partial charge on any atom is -0.463 e. The molecule has 0 fully saturated rings. The lowest BCUT2D eigenvalue weighted by Gasteiger charge is -2.34. The van der Waals surface area contributed by atoms with Gasteiger partial charge in [0.05, 0.1) is 1.37 Å². The first kappa shape index (κ1) is 21.8. The van der Waals surface area contributed by atoms with Crippen molar-refractivity contribution in [3.63, 3.8) is 0 Å². The van der Waals surface area contributed by atoms with Crippen molar-refractivity contribution in [1.29, 1.82) is 0 Å². The molecule has 0 aromatic rings. The lowest BCUT2D eigenvalue weighted by molar-refractivity contribution is -0.196. The smallest absolute Gasteiger partial charge is 0.303 e. The molecule has 150 valence electrons. The molecule has 0 radical (unpaired) electrons. The molecule has 0 N–H and O–H groups in total. The molecule has 10 heteroatoms. The number of hydrogen-bond acceptors (Lipinski definition) is 10. The Balaban J connectivity index is 5.80. The molecule has 5 unspecified atom stereocenters. The van der Waals surface area contributed by atoms with Crippen molar-refractivity contribution < 1.29 is 49.0 Å². The van der Waals surface area contributed by atoms with Crippen LogP contribution in [0.15, 0.2) is 0 Å². The lowest BCUT2D eigenvalue weighted by Crippen LogP contribution is -2.52. The zero-order valence-corrected chi connectivity index (χ0v) is 15.7. The first-order valence-corrected chi connectivity index (χ1v) is 7.66. The number of carbonyl (C=O) groups is 4. The fourth-order valence-electron chi connectivity index (χ4n) is 2.05. The minimum absolute atomic E-state index is 0.391. The largest absolute Gasteiger partial charge is 0.463 e. The van der Waals surface area contributed by atoms with Gasteiger partial charge in [0.25, 0.3) is 0 Å². The Kier molecular flexibility index (Phi) is 10.3. The fourth-order valence-corrected chi connectivity index (χ4v) is 2.05. The van der Waals surface area contributed by atoms with Gasteiger partial charge in [-0.05, 0) is 0 Å². The predicted molar refractivity (Wildman–Crippen MR) is 86.0 cm³/mol. The maximum Gasteiger partial charge on any atom is 0.303 e. The van der Waals surface area contributed by atoms with Crippen LogP contribution in [0.25, 0.3) is 0 Å². The van der Waals surface area contributed by atoms with Crippen LogP contribution < -0.4 is 0 Å². The summed E-state index contributed by atoms with van der Waals surface area (Å²) in [7, 11) is 2.45. The summed E-state index contributed by atoms with van der Waals surface area (Å²) in [5, 5.41) is 0. The highest BCUT2D eigenvalue weighted by Crippen LogP contribution is 2.19.